The summed E-state index contributed by atoms with van der Waals surface area (Å²) in [4.78, 5) is 16.4. The van der Waals surface area contributed by atoms with Gasteiger partial charge in [-0.05, 0) is 43.1 Å². The van der Waals surface area contributed by atoms with E-state index in [1.165, 1.54) is 10.5 Å². The Morgan fingerprint density at radius 2 is 1.84 bits per heavy atom. The molecule has 0 saturated carbocycles. The maximum atomic E-state index is 13.9. The Labute approximate surface area is 186 Å². The molecule has 4 nitrogen and oxygen atoms in total. The Morgan fingerprint density at radius 3 is 2.55 bits per heavy atom. The van der Waals surface area contributed by atoms with E-state index < -0.39 is 28.9 Å². The SMILES string of the molecule is CCCN(CCNC1CCN(C(=O)c2cc(F)c(F)cc2F)C1)Cc1ccc(Cl)cc1. The van der Waals surface area contributed by atoms with Crippen LogP contribution in [-0.2, 0) is 6.54 Å². The molecule has 1 aliphatic heterocycles. The monoisotopic (exact) mass is 453 g/mol. The van der Waals surface area contributed by atoms with E-state index in [1.807, 2.05) is 24.3 Å². The summed E-state index contributed by atoms with van der Waals surface area (Å²) < 4.78 is 40.5. The highest BCUT2D eigenvalue weighted by atomic mass is 35.5. The van der Waals surface area contributed by atoms with Crippen LogP contribution in [0.25, 0.3) is 0 Å². The molecule has 0 aliphatic carbocycles. The molecule has 1 unspecified atom stereocenters. The lowest BCUT2D eigenvalue weighted by molar-refractivity contribution is 0.0783. The molecule has 1 heterocycles. The van der Waals surface area contributed by atoms with E-state index in [0.29, 0.717) is 25.2 Å². The zero-order valence-corrected chi connectivity index (χ0v) is 18.3. The van der Waals surface area contributed by atoms with Crippen LogP contribution in [0.1, 0.15) is 35.7 Å². The zero-order valence-electron chi connectivity index (χ0n) is 17.5. The number of carbonyl (C=O) groups excluding carboxylic acids is 1. The van der Waals surface area contributed by atoms with Gasteiger partial charge < -0.3 is 10.2 Å². The molecule has 3 rings (SSSR count). The maximum Gasteiger partial charge on any atom is 0.256 e. The minimum absolute atomic E-state index is 0.0799. The highest BCUT2D eigenvalue weighted by Gasteiger charge is 2.29. The minimum Gasteiger partial charge on any atom is -0.337 e. The van der Waals surface area contributed by atoms with Crippen molar-refractivity contribution < 1.29 is 18.0 Å². The van der Waals surface area contributed by atoms with Crippen molar-refractivity contribution in [2.24, 2.45) is 0 Å². The predicted octanol–water partition coefficient (Wildman–Crippen LogP) is 4.47. The molecule has 168 valence electrons. The summed E-state index contributed by atoms with van der Waals surface area (Å²) in [5.74, 6) is -4.19. The van der Waals surface area contributed by atoms with E-state index in [4.69, 9.17) is 11.6 Å². The standard InChI is InChI=1S/C23H27ClF3N3O/c1-2-9-29(14-16-3-5-17(24)6-4-16)11-8-28-18-7-10-30(15-18)23(31)19-12-21(26)22(27)13-20(19)25/h3-6,12-13,18,28H,2,7-11,14-15H2,1H3. The molecule has 31 heavy (non-hydrogen) atoms. The van der Waals surface area contributed by atoms with Crippen molar-refractivity contribution in [3.8, 4) is 0 Å². The van der Waals surface area contributed by atoms with Crippen LogP contribution in [0.3, 0.4) is 0 Å². The van der Waals surface area contributed by atoms with E-state index in [-0.39, 0.29) is 6.04 Å². The van der Waals surface area contributed by atoms with Gasteiger partial charge in [0.05, 0.1) is 5.56 Å². The molecule has 0 aromatic heterocycles. The second kappa shape index (κ2) is 11.0. The quantitative estimate of drug-likeness (QED) is 0.569. The van der Waals surface area contributed by atoms with Crippen molar-refractivity contribution in [1.29, 1.82) is 0 Å². The molecule has 0 bridgehead atoms. The van der Waals surface area contributed by atoms with Gasteiger partial charge in [0.1, 0.15) is 5.82 Å². The summed E-state index contributed by atoms with van der Waals surface area (Å²) in [7, 11) is 0. The lowest BCUT2D eigenvalue weighted by Crippen LogP contribution is -2.39. The number of likely N-dealkylation sites (tertiary alicyclic amines) is 1. The fourth-order valence-corrected chi connectivity index (χ4v) is 3.96. The summed E-state index contributed by atoms with van der Waals surface area (Å²) in [5, 5.41) is 4.17. The van der Waals surface area contributed by atoms with Gasteiger partial charge in [0.15, 0.2) is 11.6 Å². The molecule has 0 spiro atoms. The number of rotatable bonds is 9. The first kappa shape index (κ1) is 23.6. The minimum atomic E-state index is -1.30. The number of amides is 1. The molecule has 2 aromatic carbocycles. The van der Waals surface area contributed by atoms with Gasteiger partial charge in [0, 0.05) is 49.9 Å². The number of nitrogens with zero attached hydrogens (tertiary/aromatic N) is 2. The highest BCUT2D eigenvalue weighted by Crippen LogP contribution is 2.19. The van der Waals surface area contributed by atoms with Crippen molar-refractivity contribution >= 4 is 17.5 Å². The third kappa shape index (κ3) is 6.45. The van der Waals surface area contributed by atoms with Gasteiger partial charge in [-0.25, -0.2) is 13.2 Å². The van der Waals surface area contributed by atoms with Gasteiger partial charge in [-0.3, -0.25) is 9.69 Å². The van der Waals surface area contributed by atoms with Crippen molar-refractivity contribution in [2.45, 2.75) is 32.4 Å². The van der Waals surface area contributed by atoms with Gasteiger partial charge in [-0.1, -0.05) is 30.7 Å². The van der Waals surface area contributed by atoms with Crippen molar-refractivity contribution in [1.82, 2.24) is 15.1 Å². The van der Waals surface area contributed by atoms with Crippen LogP contribution < -0.4 is 5.32 Å². The lowest BCUT2D eigenvalue weighted by Gasteiger charge is -2.23. The van der Waals surface area contributed by atoms with Gasteiger partial charge in [-0.2, -0.15) is 0 Å². The first-order chi connectivity index (χ1) is 14.9. The van der Waals surface area contributed by atoms with Gasteiger partial charge >= 0.3 is 0 Å². The smallest absolute Gasteiger partial charge is 0.256 e. The number of nitrogens with one attached hydrogen (secondary N) is 1. The molecule has 1 N–H and O–H groups in total. The molecule has 0 radical (unpaired) electrons. The van der Waals surface area contributed by atoms with E-state index >= 15 is 0 Å². The summed E-state index contributed by atoms with van der Waals surface area (Å²) in [5.41, 5.74) is 0.765. The van der Waals surface area contributed by atoms with Crippen LogP contribution >= 0.6 is 11.6 Å². The van der Waals surface area contributed by atoms with Crippen molar-refractivity contribution in [3.05, 3.63) is 70.0 Å². The molecule has 1 aliphatic rings. The van der Waals surface area contributed by atoms with Crippen LogP contribution in [0, 0.1) is 17.5 Å². The summed E-state index contributed by atoms with van der Waals surface area (Å²) in [6.07, 6.45) is 1.76. The molecular weight excluding hydrogens is 427 g/mol. The second-order valence-corrected chi connectivity index (χ2v) is 8.28. The van der Waals surface area contributed by atoms with Gasteiger partial charge in [0.2, 0.25) is 0 Å². The average Bonchev–Trinajstić information content (AvgIpc) is 3.21. The average molecular weight is 454 g/mol. The Bertz CT molecular complexity index is 894. The lowest BCUT2D eigenvalue weighted by atomic mass is 10.1. The normalized spacial score (nSPS) is 16.3. The van der Waals surface area contributed by atoms with Gasteiger partial charge in [0.25, 0.3) is 5.91 Å². The summed E-state index contributed by atoms with van der Waals surface area (Å²) in [6.45, 7) is 6.38. The zero-order chi connectivity index (χ0) is 22.4. The van der Waals surface area contributed by atoms with Crippen LogP contribution in [0.15, 0.2) is 36.4 Å². The first-order valence-corrected chi connectivity index (χ1v) is 10.9. The topological polar surface area (TPSA) is 35.6 Å². The molecule has 8 heteroatoms. The maximum absolute atomic E-state index is 13.9. The first-order valence-electron chi connectivity index (χ1n) is 10.5. The van der Waals surface area contributed by atoms with Gasteiger partial charge in [-0.15, -0.1) is 0 Å². The van der Waals surface area contributed by atoms with Crippen LogP contribution in [-0.4, -0.2) is 54.5 Å². The molecular formula is C23H27ClF3N3O. The van der Waals surface area contributed by atoms with Crippen LogP contribution in [0.5, 0.6) is 0 Å². The number of halogens is 4. The number of benzene rings is 2. The molecule has 2 aromatic rings. The van der Waals surface area contributed by atoms with E-state index in [1.54, 1.807) is 0 Å². The van der Waals surface area contributed by atoms with Crippen molar-refractivity contribution in [2.75, 3.05) is 32.7 Å². The Hall–Kier alpha value is -2.09. The van der Waals surface area contributed by atoms with Crippen molar-refractivity contribution in [3.63, 3.8) is 0 Å². The summed E-state index contributed by atoms with van der Waals surface area (Å²) in [6, 6.07) is 8.95. The number of carbonyl (C=O) groups is 1. The van der Waals surface area contributed by atoms with E-state index in [9.17, 15) is 18.0 Å². The summed E-state index contributed by atoms with van der Waals surface area (Å²) >= 11 is 5.95. The fraction of sp³-hybridized carbons (Fsp3) is 0.435. The fourth-order valence-electron chi connectivity index (χ4n) is 3.83. The largest absolute Gasteiger partial charge is 0.337 e. The van der Waals surface area contributed by atoms with E-state index in [2.05, 4.69) is 17.1 Å². The number of hydrogen-bond acceptors (Lipinski definition) is 3. The second-order valence-electron chi connectivity index (χ2n) is 7.84. The molecule has 1 fully saturated rings. The molecule has 1 amide bonds. The van der Waals surface area contributed by atoms with Crippen LogP contribution in [0.2, 0.25) is 5.02 Å². The molecule has 1 saturated heterocycles. The van der Waals surface area contributed by atoms with E-state index in [0.717, 1.165) is 44.0 Å². The highest BCUT2D eigenvalue weighted by molar-refractivity contribution is 6.30. The predicted molar refractivity (Wildman–Crippen MR) is 116 cm³/mol. The number of hydrogen-bond donors (Lipinski definition) is 1. The Kier molecular flexibility index (Phi) is 8.35. The third-order valence-corrected chi connectivity index (χ3v) is 5.69. The third-order valence-electron chi connectivity index (χ3n) is 5.44. The Balaban J connectivity index is 1.48. The van der Waals surface area contributed by atoms with Crippen LogP contribution in [0.4, 0.5) is 13.2 Å². The Morgan fingerprint density at radius 1 is 1.13 bits per heavy atom. The molecule has 1 atom stereocenters.